The Morgan fingerprint density at radius 2 is 1.22 bits per heavy atom. The summed E-state index contributed by atoms with van der Waals surface area (Å²) in [6, 6.07) is 40.7. The van der Waals surface area contributed by atoms with Gasteiger partial charge in [-0.2, -0.15) is 10.1 Å². The molecule has 0 aliphatic rings. The van der Waals surface area contributed by atoms with E-state index in [-0.39, 0.29) is 11.1 Å². The zero-order chi connectivity index (χ0) is 30.5. The largest absolute Gasteiger partial charge is 0.247 e. The second kappa shape index (κ2) is 10.5. The molecule has 0 bridgehead atoms. The van der Waals surface area contributed by atoms with E-state index in [2.05, 4.69) is 12.1 Å². The molecule has 0 aliphatic heterocycles. The van der Waals surface area contributed by atoms with Crippen molar-refractivity contribution in [3.8, 4) is 45.3 Å². The molecule has 2 aromatic heterocycles. The van der Waals surface area contributed by atoms with Crippen molar-refractivity contribution in [3.05, 3.63) is 145 Å². The van der Waals surface area contributed by atoms with Gasteiger partial charge in [0.1, 0.15) is 22.7 Å². The van der Waals surface area contributed by atoms with Gasteiger partial charge in [-0.3, -0.25) is 0 Å². The van der Waals surface area contributed by atoms with Gasteiger partial charge in [0.15, 0.2) is 0 Å². The second-order valence-corrected chi connectivity index (χ2v) is 10.7. The van der Waals surface area contributed by atoms with Crippen LogP contribution in [0, 0.1) is 23.0 Å². The highest BCUT2D eigenvalue weighted by atomic mass is 19.1. The second-order valence-electron chi connectivity index (χ2n) is 10.7. The lowest BCUT2D eigenvalue weighted by Crippen LogP contribution is -1.97. The lowest BCUT2D eigenvalue weighted by atomic mass is 9.93. The summed E-state index contributed by atoms with van der Waals surface area (Å²) in [5.41, 5.74) is 6.58. The van der Waals surface area contributed by atoms with Crippen LogP contribution in [0.5, 0.6) is 0 Å². The van der Waals surface area contributed by atoms with Gasteiger partial charge < -0.3 is 0 Å². The van der Waals surface area contributed by atoms with Crippen molar-refractivity contribution in [1.82, 2.24) is 20.0 Å². The van der Waals surface area contributed by atoms with Crippen molar-refractivity contribution in [2.45, 2.75) is 0 Å². The summed E-state index contributed by atoms with van der Waals surface area (Å²) in [6.45, 7) is 0. The monoisotopic (exact) mass is 585 g/mol. The summed E-state index contributed by atoms with van der Waals surface area (Å²) in [6.07, 6.45) is 0. The van der Waals surface area contributed by atoms with E-state index >= 15 is 0 Å². The SMILES string of the molecule is N#Cc1cc(F)c(-c2ccc(-c3cc4c(-c5ccccc5)nc5ccccc5c4c4nn(-c5ccccc5)nc34)cc2)c(F)c1. The number of benzene rings is 6. The van der Waals surface area contributed by atoms with Crippen molar-refractivity contribution >= 4 is 32.7 Å². The molecule has 0 radical (unpaired) electrons. The number of para-hydroxylation sites is 2. The number of hydrogen-bond acceptors (Lipinski definition) is 4. The molecule has 0 fully saturated rings. The van der Waals surface area contributed by atoms with Crippen LogP contribution < -0.4 is 0 Å². The van der Waals surface area contributed by atoms with Gasteiger partial charge in [0.05, 0.1) is 34.1 Å². The van der Waals surface area contributed by atoms with Gasteiger partial charge in [-0.15, -0.1) is 10.2 Å². The van der Waals surface area contributed by atoms with Gasteiger partial charge in [0, 0.05) is 27.3 Å². The fourth-order valence-electron chi connectivity index (χ4n) is 5.93. The topological polar surface area (TPSA) is 67.4 Å². The highest BCUT2D eigenvalue weighted by Crippen LogP contribution is 2.41. The van der Waals surface area contributed by atoms with Gasteiger partial charge in [0.2, 0.25) is 0 Å². The van der Waals surface area contributed by atoms with Crippen LogP contribution in [0.15, 0.2) is 127 Å². The van der Waals surface area contributed by atoms with Gasteiger partial charge in [-0.25, -0.2) is 13.8 Å². The Kier molecular flexibility index (Phi) is 6.14. The number of rotatable bonds is 4. The van der Waals surface area contributed by atoms with Crippen LogP contribution in [-0.4, -0.2) is 20.0 Å². The molecular weight excluding hydrogens is 564 g/mol. The molecule has 0 saturated carbocycles. The molecule has 2 heterocycles. The predicted octanol–water partition coefficient (Wildman–Crippen LogP) is 9.27. The number of halogens is 2. The summed E-state index contributed by atoms with van der Waals surface area (Å²) in [4.78, 5) is 6.75. The molecule has 8 aromatic rings. The molecule has 212 valence electrons. The van der Waals surface area contributed by atoms with E-state index in [9.17, 15) is 8.78 Å². The molecule has 5 nitrogen and oxygen atoms in total. The van der Waals surface area contributed by atoms with Gasteiger partial charge >= 0.3 is 0 Å². The van der Waals surface area contributed by atoms with Crippen LogP contribution in [0.1, 0.15) is 5.56 Å². The Hall–Kier alpha value is -6.26. The molecule has 45 heavy (non-hydrogen) atoms. The molecule has 0 atom stereocenters. The summed E-state index contributed by atoms with van der Waals surface area (Å²) in [5, 5.41) is 21.9. The first-order valence-corrected chi connectivity index (χ1v) is 14.3. The van der Waals surface area contributed by atoms with E-state index in [0.717, 1.165) is 67.4 Å². The van der Waals surface area contributed by atoms with Crippen LogP contribution in [0.25, 0.3) is 71.9 Å². The number of aromatic nitrogens is 4. The molecule has 6 aromatic carbocycles. The summed E-state index contributed by atoms with van der Waals surface area (Å²) < 4.78 is 29.7. The number of hydrogen-bond donors (Lipinski definition) is 0. The highest BCUT2D eigenvalue weighted by molar-refractivity contribution is 6.23. The van der Waals surface area contributed by atoms with Crippen LogP contribution >= 0.6 is 0 Å². The van der Waals surface area contributed by atoms with E-state index < -0.39 is 11.6 Å². The molecule has 0 N–H and O–H groups in total. The Balaban J connectivity index is 1.42. The maximum Gasteiger partial charge on any atom is 0.135 e. The zero-order valence-electron chi connectivity index (χ0n) is 23.6. The van der Waals surface area contributed by atoms with Gasteiger partial charge in [-0.1, -0.05) is 91.0 Å². The lowest BCUT2D eigenvalue weighted by molar-refractivity contribution is 0.589. The number of pyridine rings is 1. The number of nitrogens with zero attached hydrogens (tertiary/aromatic N) is 5. The maximum atomic E-state index is 14.9. The van der Waals surface area contributed by atoms with Crippen molar-refractivity contribution in [3.63, 3.8) is 0 Å². The van der Waals surface area contributed by atoms with Crippen LogP contribution in [0.2, 0.25) is 0 Å². The third-order valence-electron chi connectivity index (χ3n) is 8.01. The first-order chi connectivity index (χ1) is 22.1. The third-order valence-corrected chi connectivity index (χ3v) is 8.01. The van der Waals surface area contributed by atoms with E-state index in [1.54, 1.807) is 23.0 Å². The maximum absolute atomic E-state index is 14.9. The molecule has 0 unspecified atom stereocenters. The normalized spacial score (nSPS) is 11.3. The van der Waals surface area contributed by atoms with Gasteiger partial charge in [-0.05, 0) is 47.5 Å². The first kappa shape index (κ1) is 26.4. The molecule has 7 heteroatoms. The molecule has 0 saturated heterocycles. The Labute approximate surface area is 256 Å². The van der Waals surface area contributed by atoms with Crippen LogP contribution in [0.3, 0.4) is 0 Å². The summed E-state index contributed by atoms with van der Waals surface area (Å²) in [7, 11) is 0. The Morgan fingerprint density at radius 3 is 1.93 bits per heavy atom. The lowest BCUT2D eigenvalue weighted by Gasteiger charge is -2.13. The smallest absolute Gasteiger partial charge is 0.135 e. The van der Waals surface area contributed by atoms with Crippen molar-refractivity contribution in [2.24, 2.45) is 0 Å². The van der Waals surface area contributed by atoms with E-state index in [1.165, 1.54) is 0 Å². The van der Waals surface area contributed by atoms with E-state index in [4.69, 9.17) is 20.4 Å². The third kappa shape index (κ3) is 4.39. The standard InChI is InChI=1S/C38H21F2N5/c39-31-19-23(22-41)20-32(40)34(31)25-17-15-24(16-18-25)29-21-30-35(38-37(29)43-45(44-38)27-11-5-2-6-12-27)28-13-7-8-14-33(28)42-36(30)26-9-3-1-4-10-26/h1-21H. The molecule has 8 rings (SSSR count). The fourth-order valence-corrected chi connectivity index (χ4v) is 5.93. The average molecular weight is 586 g/mol. The minimum Gasteiger partial charge on any atom is -0.247 e. The van der Waals surface area contributed by atoms with E-state index in [0.29, 0.717) is 11.1 Å². The van der Waals surface area contributed by atoms with Crippen molar-refractivity contribution in [1.29, 1.82) is 5.26 Å². The van der Waals surface area contributed by atoms with Crippen molar-refractivity contribution in [2.75, 3.05) is 0 Å². The highest BCUT2D eigenvalue weighted by Gasteiger charge is 2.21. The van der Waals surface area contributed by atoms with Crippen LogP contribution in [0.4, 0.5) is 8.78 Å². The van der Waals surface area contributed by atoms with Crippen LogP contribution in [-0.2, 0) is 0 Å². The molecule has 0 amide bonds. The van der Waals surface area contributed by atoms with E-state index in [1.807, 2.05) is 91.0 Å². The number of nitriles is 1. The fraction of sp³-hybridized carbons (Fsp3) is 0. The average Bonchev–Trinajstić information content (AvgIpc) is 3.54. The summed E-state index contributed by atoms with van der Waals surface area (Å²) in [5.74, 6) is -1.58. The predicted molar refractivity (Wildman–Crippen MR) is 173 cm³/mol. The molecule has 0 aliphatic carbocycles. The minimum atomic E-state index is -0.788. The first-order valence-electron chi connectivity index (χ1n) is 14.3. The number of fused-ring (bicyclic) bond motifs is 5. The quantitative estimate of drug-likeness (QED) is 0.193. The van der Waals surface area contributed by atoms with Crippen molar-refractivity contribution < 1.29 is 8.78 Å². The molecular formula is C38H21F2N5. The molecule has 0 spiro atoms. The Morgan fingerprint density at radius 1 is 0.600 bits per heavy atom. The zero-order valence-corrected chi connectivity index (χ0v) is 23.6. The Bertz CT molecular complexity index is 2420. The summed E-state index contributed by atoms with van der Waals surface area (Å²) >= 11 is 0. The van der Waals surface area contributed by atoms with Gasteiger partial charge in [0.25, 0.3) is 0 Å². The minimum absolute atomic E-state index is 0.0687.